The van der Waals surface area contributed by atoms with Crippen molar-refractivity contribution in [3.05, 3.63) is 65.0 Å². The fraction of sp³-hybridized carbons (Fsp3) is 0.200. The van der Waals surface area contributed by atoms with E-state index in [1.54, 1.807) is 11.3 Å². The summed E-state index contributed by atoms with van der Waals surface area (Å²) in [6, 6.07) is 17.9. The van der Waals surface area contributed by atoms with E-state index in [-0.39, 0.29) is 5.91 Å². The molecule has 3 aromatic rings. The summed E-state index contributed by atoms with van der Waals surface area (Å²) >= 11 is 1.60. The second-order valence-corrected chi connectivity index (χ2v) is 6.92. The first kappa shape index (κ1) is 17.2. The minimum Gasteiger partial charge on any atom is -0.378 e. The molecule has 0 atom stereocenters. The van der Waals surface area contributed by atoms with Crippen LogP contribution < -0.4 is 10.2 Å². The molecule has 0 aliphatic heterocycles. The summed E-state index contributed by atoms with van der Waals surface area (Å²) in [6.07, 6.45) is 1.08. The van der Waals surface area contributed by atoms with Crippen LogP contribution in [0.5, 0.6) is 0 Å². The molecule has 0 bridgehead atoms. The first-order valence-electron chi connectivity index (χ1n) is 8.19. The largest absolute Gasteiger partial charge is 0.378 e. The number of amides is 1. The van der Waals surface area contributed by atoms with E-state index in [0.29, 0.717) is 12.8 Å². The molecule has 0 spiro atoms. The van der Waals surface area contributed by atoms with Gasteiger partial charge in [0.15, 0.2) is 0 Å². The van der Waals surface area contributed by atoms with Crippen LogP contribution in [0.15, 0.2) is 60.0 Å². The van der Waals surface area contributed by atoms with Gasteiger partial charge in [0.2, 0.25) is 5.91 Å². The van der Waals surface area contributed by atoms with Crippen molar-refractivity contribution >= 4 is 28.6 Å². The van der Waals surface area contributed by atoms with Gasteiger partial charge >= 0.3 is 0 Å². The van der Waals surface area contributed by atoms with Crippen molar-refractivity contribution in [1.29, 1.82) is 0 Å². The number of nitrogens with one attached hydrogen (secondary N) is 1. The van der Waals surface area contributed by atoms with E-state index in [2.05, 4.69) is 10.3 Å². The standard InChI is InChI=1S/C20H21N3OS/c1-23(2)17-10-8-16(9-11-17)21-19(24)12-13-20-22-18(14-25-20)15-6-4-3-5-7-15/h3-11,14H,12-13H2,1-2H3,(H,21,24). The average molecular weight is 351 g/mol. The lowest BCUT2D eigenvalue weighted by atomic mass is 10.2. The van der Waals surface area contributed by atoms with E-state index in [4.69, 9.17) is 0 Å². The van der Waals surface area contributed by atoms with E-state index in [1.807, 2.05) is 79.0 Å². The molecule has 128 valence electrons. The Labute approximate surface area is 152 Å². The molecule has 0 radical (unpaired) electrons. The molecule has 4 nitrogen and oxygen atoms in total. The zero-order valence-corrected chi connectivity index (χ0v) is 15.2. The van der Waals surface area contributed by atoms with Crippen LogP contribution in [-0.4, -0.2) is 25.0 Å². The van der Waals surface area contributed by atoms with Crippen molar-refractivity contribution in [2.24, 2.45) is 0 Å². The Morgan fingerprint density at radius 1 is 1.08 bits per heavy atom. The van der Waals surface area contributed by atoms with Gasteiger partial charge in [-0.1, -0.05) is 30.3 Å². The number of hydrogen-bond acceptors (Lipinski definition) is 4. The molecule has 1 aromatic heterocycles. The van der Waals surface area contributed by atoms with Crippen LogP contribution in [0.2, 0.25) is 0 Å². The van der Waals surface area contributed by atoms with Gasteiger partial charge in [0.25, 0.3) is 0 Å². The fourth-order valence-corrected chi connectivity index (χ4v) is 3.26. The summed E-state index contributed by atoms with van der Waals surface area (Å²) in [7, 11) is 3.98. The number of thiazole rings is 1. The Hall–Kier alpha value is -2.66. The number of carbonyl (C=O) groups excluding carboxylic acids is 1. The lowest BCUT2D eigenvalue weighted by Gasteiger charge is -2.13. The molecule has 1 N–H and O–H groups in total. The van der Waals surface area contributed by atoms with Crippen molar-refractivity contribution < 1.29 is 4.79 Å². The molecule has 3 rings (SSSR count). The van der Waals surface area contributed by atoms with Crippen LogP contribution in [0, 0.1) is 0 Å². The zero-order chi connectivity index (χ0) is 17.6. The predicted octanol–water partition coefficient (Wildman–Crippen LogP) is 4.45. The summed E-state index contributed by atoms with van der Waals surface area (Å²) in [5.74, 6) is 0.00839. The second kappa shape index (κ2) is 7.94. The Bertz CT molecular complexity index is 826. The highest BCUT2D eigenvalue weighted by Gasteiger charge is 2.08. The highest BCUT2D eigenvalue weighted by Crippen LogP contribution is 2.22. The summed E-state index contributed by atoms with van der Waals surface area (Å²) < 4.78 is 0. The second-order valence-electron chi connectivity index (χ2n) is 5.98. The number of hydrogen-bond donors (Lipinski definition) is 1. The molecule has 1 heterocycles. The number of carbonyl (C=O) groups is 1. The van der Waals surface area contributed by atoms with Gasteiger partial charge in [0, 0.05) is 49.3 Å². The van der Waals surface area contributed by atoms with Gasteiger partial charge in [0.1, 0.15) is 0 Å². The third-order valence-electron chi connectivity index (χ3n) is 3.85. The Balaban J connectivity index is 1.53. The van der Waals surface area contributed by atoms with Crippen molar-refractivity contribution in [3.63, 3.8) is 0 Å². The number of aryl methyl sites for hydroxylation is 1. The fourth-order valence-electron chi connectivity index (χ4n) is 2.45. The molecule has 0 saturated heterocycles. The Morgan fingerprint density at radius 3 is 2.48 bits per heavy atom. The van der Waals surface area contributed by atoms with Crippen LogP contribution in [0.3, 0.4) is 0 Å². The van der Waals surface area contributed by atoms with Crippen molar-refractivity contribution in [1.82, 2.24) is 4.98 Å². The van der Waals surface area contributed by atoms with Crippen LogP contribution in [0.25, 0.3) is 11.3 Å². The van der Waals surface area contributed by atoms with Gasteiger partial charge in [-0.3, -0.25) is 4.79 Å². The normalized spacial score (nSPS) is 10.5. The van der Waals surface area contributed by atoms with Crippen LogP contribution >= 0.6 is 11.3 Å². The van der Waals surface area contributed by atoms with Crippen LogP contribution in [0.4, 0.5) is 11.4 Å². The SMILES string of the molecule is CN(C)c1ccc(NC(=O)CCc2nc(-c3ccccc3)cs2)cc1. The van der Waals surface area contributed by atoms with Gasteiger partial charge in [-0.25, -0.2) is 4.98 Å². The smallest absolute Gasteiger partial charge is 0.224 e. The minimum atomic E-state index is 0.00839. The number of aromatic nitrogens is 1. The molecular weight excluding hydrogens is 330 g/mol. The van der Waals surface area contributed by atoms with Crippen molar-refractivity contribution in [2.75, 3.05) is 24.3 Å². The van der Waals surface area contributed by atoms with Gasteiger partial charge in [-0.2, -0.15) is 0 Å². The van der Waals surface area contributed by atoms with Gasteiger partial charge in [-0.05, 0) is 24.3 Å². The molecule has 5 heteroatoms. The lowest BCUT2D eigenvalue weighted by molar-refractivity contribution is -0.116. The zero-order valence-electron chi connectivity index (χ0n) is 14.4. The van der Waals surface area contributed by atoms with Gasteiger partial charge < -0.3 is 10.2 Å². The first-order valence-corrected chi connectivity index (χ1v) is 9.07. The number of rotatable bonds is 6. The summed E-state index contributed by atoms with van der Waals surface area (Å²) in [6.45, 7) is 0. The molecule has 2 aromatic carbocycles. The number of benzene rings is 2. The monoisotopic (exact) mass is 351 g/mol. The van der Waals surface area contributed by atoms with Gasteiger partial charge in [0.05, 0.1) is 10.7 Å². The third kappa shape index (κ3) is 4.67. The van der Waals surface area contributed by atoms with Crippen molar-refractivity contribution in [3.8, 4) is 11.3 Å². The summed E-state index contributed by atoms with van der Waals surface area (Å²) in [5.41, 5.74) is 4.00. The topological polar surface area (TPSA) is 45.2 Å². The molecule has 0 unspecified atom stereocenters. The van der Waals surface area contributed by atoms with E-state index in [0.717, 1.165) is 27.6 Å². The maximum atomic E-state index is 12.1. The highest BCUT2D eigenvalue weighted by atomic mass is 32.1. The van der Waals surface area contributed by atoms with E-state index < -0.39 is 0 Å². The van der Waals surface area contributed by atoms with E-state index >= 15 is 0 Å². The Kier molecular flexibility index (Phi) is 5.46. The average Bonchev–Trinajstić information content (AvgIpc) is 3.10. The molecule has 25 heavy (non-hydrogen) atoms. The maximum absolute atomic E-state index is 12.1. The molecule has 0 aliphatic rings. The summed E-state index contributed by atoms with van der Waals surface area (Å²) in [4.78, 5) is 18.8. The molecule has 0 saturated carbocycles. The van der Waals surface area contributed by atoms with E-state index in [1.165, 1.54) is 0 Å². The molecular formula is C20H21N3OS. The number of anilines is 2. The van der Waals surface area contributed by atoms with Crippen LogP contribution in [0.1, 0.15) is 11.4 Å². The van der Waals surface area contributed by atoms with Gasteiger partial charge in [-0.15, -0.1) is 11.3 Å². The molecule has 0 aliphatic carbocycles. The van der Waals surface area contributed by atoms with Crippen molar-refractivity contribution in [2.45, 2.75) is 12.8 Å². The molecule has 1 amide bonds. The summed E-state index contributed by atoms with van der Waals surface area (Å²) in [5, 5.41) is 5.96. The Morgan fingerprint density at radius 2 is 1.80 bits per heavy atom. The molecule has 0 fully saturated rings. The quantitative estimate of drug-likeness (QED) is 0.714. The minimum absolute atomic E-state index is 0.00839. The third-order valence-corrected chi connectivity index (χ3v) is 4.76. The number of nitrogens with zero attached hydrogens (tertiary/aromatic N) is 2. The first-order chi connectivity index (χ1) is 12.1. The highest BCUT2D eigenvalue weighted by molar-refractivity contribution is 7.09. The predicted molar refractivity (Wildman–Crippen MR) is 105 cm³/mol. The lowest BCUT2D eigenvalue weighted by Crippen LogP contribution is -2.13. The maximum Gasteiger partial charge on any atom is 0.224 e. The van der Waals surface area contributed by atoms with Crippen LogP contribution in [-0.2, 0) is 11.2 Å². The van der Waals surface area contributed by atoms with E-state index in [9.17, 15) is 4.79 Å².